The van der Waals surface area contributed by atoms with Crippen molar-refractivity contribution in [1.82, 2.24) is 4.57 Å². The van der Waals surface area contributed by atoms with Crippen molar-refractivity contribution in [1.29, 1.82) is 0 Å². The molecule has 0 amide bonds. The first-order valence-electron chi connectivity index (χ1n) is 23.2. The Hall–Kier alpha value is -9.12. The van der Waals surface area contributed by atoms with Gasteiger partial charge < -0.3 is 18.3 Å². The first kappa shape index (κ1) is 38.2. The molecule has 68 heavy (non-hydrogen) atoms. The smallest absolute Gasteiger partial charge is 0.143 e. The molecule has 0 radical (unpaired) electrons. The minimum atomic E-state index is 0.887. The molecule has 0 unspecified atom stereocenters. The highest BCUT2D eigenvalue weighted by molar-refractivity contribution is 6.19. The van der Waals surface area contributed by atoms with Crippen LogP contribution in [0.25, 0.3) is 116 Å². The van der Waals surface area contributed by atoms with Gasteiger partial charge in [0.05, 0.1) is 16.7 Å². The molecule has 0 aliphatic carbocycles. The van der Waals surface area contributed by atoms with Crippen LogP contribution in [0.15, 0.2) is 251 Å². The van der Waals surface area contributed by atoms with Crippen LogP contribution >= 0.6 is 0 Å². The fourth-order valence-electron chi connectivity index (χ4n) is 10.7. The molecule has 0 bridgehead atoms. The van der Waals surface area contributed by atoms with Crippen LogP contribution in [-0.4, -0.2) is 4.57 Å². The van der Waals surface area contributed by atoms with E-state index < -0.39 is 0 Å². The average Bonchev–Trinajstić information content (AvgIpc) is 4.10. The maximum atomic E-state index is 6.58. The summed E-state index contributed by atoms with van der Waals surface area (Å²) in [4.78, 5) is 2.35. The molecule has 0 atom stereocenters. The average molecular weight is 869 g/mol. The summed E-state index contributed by atoms with van der Waals surface area (Å²) < 4.78 is 15.5. The lowest BCUT2D eigenvalue weighted by Gasteiger charge is -2.26. The molecule has 0 saturated carbocycles. The zero-order valence-electron chi connectivity index (χ0n) is 36.8. The molecule has 14 aromatic rings. The maximum Gasteiger partial charge on any atom is 0.143 e. The van der Waals surface area contributed by atoms with Gasteiger partial charge in [0.15, 0.2) is 0 Å². The third kappa shape index (κ3) is 5.94. The number of furan rings is 2. The number of hydrogen-bond acceptors (Lipinski definition) is 3. The van der Waals surface area contributed by atoms with Gasteiger partial charge in [-0.3, -0.25) is 0 Å². The number of para-hydroxylation sites is 5. The van der Waals surface area contributed by atoms with Crippen LogP contribution in [0.5, 0.6) is 0 Å². The zero-order chi connectivity index (χ0) is 44.7. The van der Waals surface area contributed by atoms with Gasteiger partial charge in [-0.25, -0.2) is 0 Å². The van der Waals surface area contributed by atoms with Gasteiger partial charge in [0.25, 0.3) is 0 Å². The van der Waals surface area contributed by atoms with Crippen molar-refractivity contribution in [3.05, 3.63) is 243 Å². The number of anilines is 3. The lowest BCUT2D eigenvalue weighted by atomic mass is 9.97. The molecule has 318 valence electrons. The number of rotatable bonds is 7. The van der Waals surface area contributed by atoms with Crippen molar-refractivity contribution >= 4 is 93.5 Å². The largest absolute Gasteiger partial charge is 0.455 e. The summed E-state index contributed by atoms with van der Waals surface area (Å²) in [7, 11) is 0. The Bertz CT molecular complexity index is 4200. The monoisotopic (exact) mass is 868 g/mol. The van der Waals surface area contributed by atoms with Gasteiger partial charge in [0.1, 0.15) is 22.3 Å². The van der Waals surface area contributed by atoms with Gasteiger partial charge in [0.2, 0.25) is 0 Å². The molecule has 4 heteroatoms. The number of benzene rings is 11. The molecule has 0 spiro atoms. The standard InChI is InChI=1S/C64H40N2O2/c1-2-15-50-41(13-1)33-40-56-62-49(19-12-26-61(62)68-64(50)56)43-29-36-46(37-30-43)65(47-38-31-44(32-39-47)51-20-11-21-55-54-18-6-10-25-60(54)67-63(51)55)45-34-27-42(28-35-45)48-14-3-7-22-57(48)66-58-23-8-4-16-52(58)53-17-5-9-24-59(53)66/h1-40H. The second-order valence-corrected chi connectivity index (χ2v) is 17.6. The SMILES string of the molecule is c1ccc(-n2c3ccccc3c3ccccc32)c(-c2ccc(N(c3ccc(-c4cccc5c4oc4ccccc45)cc3)c3ccc(-c4cccc5oc6c7ccccc7ccc6c45)cc3)cc2)c1. The summed E-state index contributed by atoms with van der Waals surface area (Å²) in [5, 5.41) is 9.29. The molecule has 0 aliphatic heterocycles. The maximum absolute atomic E-state index is 6.58. The predicted molar refractivity (Wildman–Crippen MR) is 284 cm³/mol. The summed E-state index contributed by atoms with van der Waals surface area (Å²) in [6, 6.07) is 86.9. The molecular weight excluding hydrogens is 829 g/mol. The third-order valence-corrected chi connectivity index (χ3v) is 13.8. The van der Waals surface area contributed by atoms with E-state index in [9.17, 15) is 0 Å². The summed E-state index contributed by atoms with van der Waals surface area (Å²) in [6.07, 6.45) is 0. The van der Waals surface area contributed by atoms with Crippen molar-refractivity contribution in [3.8, 4) is 39.1 Å². The molecule has 14 rings (SSSR count). The molecule has 0 aliphatic rings. The van der Waals surface area contributed by atoms with Crippen LogP contribution in [0.4, 0.5) is 17.1 Å². The summed E-state index contributed by atoms with van der Waals surface area (Å²) in [5.41, 5.74) is 17.0. The quantitative estimate of drug-likeness (QED) is 0.160. The van der Waals surface area contributed by atoms with E-state index in [0.29, 0.717) is 0 Å². The topological polar surface area (TPSA) is 34.5 Å². The van der Waals surface area contributed by atoms with E-state index in [0.717, 1.165) is 99.8 Å². The van der Waals surface area contributed by atoms with E-state index in [1.807, 2.05) is 12.1 Å². The van der Waals surface area contributed by atoms with Crippen LogP contribution in [0.1, 0.15) is 0 Å². The van der Waals surface area contributed by atoms with Crippen molar-refractivity contribution in [3.63, 3.8) is 0 Å². The third-order valence-electron chi connectivity index (χ3n) is 13.8. The number of hydrogen-bond donors (Lipinski definition) is 0. The van der Waals surface area contributed by atoms with Crippen molar-refractivity contribution in [2.24, 2.45) is 0 Å². The second-order valence-electron chi connectivity index (χ2n) is 17.6. The zero-order valence-corrected chi connectivity index (χ0v) is 36.8. The lowest BCUT2D eigenvalue weighted by Crippen LogP contribution is -2.09. The van der Waals surface area contributed by atoms with E-state index in [4.69, 9.17) is 8.83 Å². The minimum absolute atomic E-state index is 0.887. The Morgan fingerprint density at radius 2 is 0.779 bits per heavy atom. The highest BCUT2D eigenvalue weighted by Crippen LogP contribution is 2.44. The van der Waals surface area contributed by atoms with E-state index in [2.05, 4.69) is 240 Å². The van der Waals surface area contributed by atoms with Gasteiger partial charge in [-0.1, -0.05) is 170 Å². The summed E-state index contributed by atoms with van der Waals surface area (Å²) in [6.45, 7) is 0. The van der Waals surface area contributed by atoms with Crippen LogP contribution in [-0.2, 0) is 0 Å². The van der Waals surface area contributed by atoms with Gasteiger partial charge in [-0.2, -0.15) is 0 Å². The van der Waals surface area contributed by atoms with Crippen molar-refractivity contribution in [2.75, 3.05) is 4.90 Å². The number of aromatic nitrogens is 1. The van der Waals surface area contributed by atoms with Gasteiger partial charge in [-0.15, -0.1) is 0 Å². The normalized spacial score (nSPS) is 11.8. The summed E-state index contributed by atoms with van der Waals surface area (Å²) in [5.74, 6) is 0. The van der Waals surface area contributed by atoms with Gasteiger partial charge >= 0.3 is 0 Å². The van der Waals surface area contributed by atoms with Gasteiger partial charge in [0, 0.05) is 65.9 Å². The highest BCUT2D eigenvalue weighted by atomic mass is 16.3. The molecule has 4 nitrogen and oxygen atoms in total. The van der Waals surface area contributed by atoms with Crippen molar-refractivity contribution in [2.45, 2.75) is 0 Å². The van der Waals surface area contributed by atoms with E-state index in [-0.39, 0.29) is 0 Å². The predicted octanol–water partition coefficient (Wildman–Crippen LogP) is 18.2. The molecule has 0 N–H and O–H groups in total. The Balaban J connectivity index is 0.882. The highest BCUT2D eigenvalue weighted by Gasteiger charge is 2.20. The van der Waals surface area contributed by atoms with Crippen molar-refractivity contribution < 1.29 is 8.83 Å². The van der Waals surface area contributed by atoms with Gasteiger partial charge in [-0.05, 0) is 100 Å². The Labute approximate surface area is 391 Å². The fraction of sp³-hybridized carbons (Fsp3) is 0. The first-order valence-corrected chi connectivity index (χ1v) is 23.2. The Morgan fingerprint density at radius 3 is 1.49 bits per heavy atom. The molecule has 3 aromatic heterocycles. The number of nitrogens with zero attached hydrogens (tertiary/aromatic N) is 2. The molecule has 3 heterocycles. The summed E-state index contributed by atoms with van der Waals surface area (Å²) >= 11 is 0. The Kier molecular flexibility index (Phi) is 8.55. The van der Waals surface area contributed by atoms with E-state index in [1.165, 1.54) is 32.8 Å². The van der Waals surface area contributed by atoms with Crippen LogP contribution < -0.4 is 4.90 Å². The molecule has 11 aromatic carbocycles. The molecule has 0 saturated heterocycles. The fourth-order valence-corrected chi connectivity index (χ4v) is 10.7. The first-order chi connectivity index (χ1) is 33.7. The molecule has 0 fully saturated rings. The van der Waals surface area contributed by atoms with Crippen LogP contribution in [0.3, 0.4) is 0 Å². The Morgan fingerprint density at radius 1 is 0.294 bits per heavy atom. The lowest BCUT2D eigenvalue weighted by molar-refractivity contribution is 0.670. The second kappa shape index (κ2) is 15.2. The van der Waals surface area contributed by atoms with Crippen LogP contribution in [0.2, 0.25) is 0 Å². The van der Waals surface area contributed by atoms with E-state index in [1.54, 1.807) is 0 Å². The minimum Gasteiger partial charge on any atom is -0.455 e. The number of fused-ring (bicyclic) bond motifs is 11. The van der Waals surface area contributed by atoms with Crippen LogP contribution in [0, 0.1) is 0 Å². The van der Waals surface area contributed by atoms with E-state index >= 15 is 0 Å². The molecular formula is C64H40N2O2.